The monoisotopic (exact) mass is 316 g/mol. The lowest BCUT2D eigenvalue weighted by atomic mass is 10.2. The Morgan fingerprint density at radius 3 is 2.75 bits per heavy atom. The molecule has 0 radical (unpaired) electrons. The van der Waals surface area contributed by atoms with Crippen molar-refractivity contribution in [2.75, 3.05) is 6.54 Å². The first-order chi connectivity index (χ1) is 9.45. The molecule has 4 nitrogen and oxygen atoms in total. The zero-order chi connectivity index (χ0) is 14.8. The summed E-state index contributed by atoms with van der Waals surface area (Å²) >= 11 is 1.52. The van der Waals surface area contributed by atoms with E-state index in [2.05, 4.69) is 17.0 Å². The SMILES string of the molecule is CCCNCc1scc(C)c1S(=O)(=O)NC(C)C1CC1. The van der Waals surface area contributed by atoms with Crippen LogP contribution in [0.5, 0.6) is 0 Å². The molecule has 1 heterocycles. The zero-order valence-electron chi connectivity index (χ0n) is 12.4. The first-order valence-electron chi connectivity index (χ1n) is 7.25. The molecule has 0 aromatic carbocycles. The van der Waals surface area contributed by atoms with Crippen LogP contribution < -0.4 is 10.0 Å². The van der Waals surface area contributed by atoms with Gasteiger partial charge in [0, 0.05) is 17.5 Å². The number of rotatable bonds is 8. The van der Waals surface area contributed by atoms with E-state index in [1.165, 1.54) is 11.3 Å². The van der Waals surface area contributed by atoms with E-state index in [0.29, 0.717) is 17.4 Å². The van der Waals surface area contributed by atoms with Crippen LogP contribution in [0.2, 0.25) is 0 Å². The summed E-state index contributed by atoms with van der Waals surface area (Å²) < 4.78 is 28.0. The van der Waals surface area contributed by atoms with E-state index in [1.807, 2.05) is 19.2 Å². The van der Waals surface area contributed by atoms with Gasteiger partial charge in [0.2, 0.25) is 10.0 Å². The van der Waals surface area contributed by atoms with Gasteiger partial charge in [-0.25, -0.2) is 13.1 Å². The third-order valence-corrected chi connectivity index (χ3v) is 6.66. The van der Waals surface area contributed by atoms with Gasteiger partial charge in [0.1, 0.15) is 4.90 Å². The maximum Gasteiger partial charge on any atom is 0.242 e. The molecule has 1 atom stereocenters. The molecule has 0 amide bonds. The van der Waals surface area contributed by atoms with E-state index in [1.54, 1.807) is 0 Å². The average molecular weight is 316 g/mol. The molecule has 2 rings (SSSR count). The number of aryl methyl sites for hydroxylation is 1. The molecule has 6 heteroatoms. The van der Waals surface area contributed by atoms with Crippen molar-refractivity contribution >= 4 is 21.4 Å². The van der Waals surface area contributed by atoms with Crippen LogP contribution in [0, 0.1) is 12.8 Å². The third-order valence-electron chi connectivity index (χ3n) is 3.64. The van der Waals surface area contributed by atoms with Crippen LogP contribution in [-0.4, -0.2) is 21.0 Å². The molecule has 1 aromatic rings. The van der Waals surface area contributed by atoms with Gasteiger partial charge < -0.3 is 5.32 Å². The van der Waals surface area contributed by atoms with Gasteiger partial charge in [-0.15, -0.1) is 11.3 Å². The highest BCUT2D eigenvalue weighted by molar-refractivity contribution is 7.89. The molecule has 0 saturated heterocycles. The van der Waals surface area contributed by atoms with Gasteiger partial charge in [0.15, 0.2) is 0 Å². The molecule has 2 N–H and O–H groups in total. The number of hydrogen-bond donors (Lipinski definition) is 2. The van der Waals surface area contributed by atoms with Gasteiger partial charge in [-0.05, 0) is 56.5 Å². The molecule has 0 spiro atoms. The minimum absolute atomic E-state index is 0.0377. The summed E-state index contributed by atoms with van der Waals surface area (Å²) in [6.07, 6.45) is 3.32. The molecule has 1 aliphatic rings. The van der Waals surface area contributed by atoms with Crippen LogP contribution in [0.4, 0.5) is 0 Å². The fraction of sp³-hybridized carbons (Fsp3) is 0.714. The Kier molecular flexibility index (Phi) is 5.23. The zero-order valence-corrected chi connectivity index (χ0v) is 14.0. The van der Waals surface area contributed by atoms with Crippen molar-refractivity contribution in [3.05, 3.63) is 15.8 Å². The summed E-state index contributed by atoms with van der Waals surface area (Å²) in [5, 5.41) is 5.21. The van der Waals surface area contributed by atoms with Crippen LogP contribution in [-0.2, 0) is 16.6 Å². The van der Waals surface area contributed by atoms with E-state index in [4.69, 9.17) is 0 Å². The highest BCUT2D eigenvalue weighted by atomic mass is 32.2. The molecule has 20 heavy (non-hydrogen) atoms. The highest BCUT2D eigenvalue weighted by Gasteiger charge is 2.32. The van der Waals surface area contributed by atoms with Crippen LogP contribution in [0.1, 0.15) is 43.6 Å². The molecule has 1 unspecified atom stereocenters. The van der Waals surface area contributed by atoms with E-state index in [-0.39, 0.29) is 6.04 Å². The second kappa shape index (κ2) is 6.56. The second-order valence-electron chi connectivity index (χ2n) is 5.60. The Labute approximate surface area is 126 Å². The van der Waals surface area contributed by atoms with Crippen molar-refractivity contribution < 1.29 is 8.42 Å². The fourth-order valence-corrected chi connectivity index (χ4v) is 5.44. The number of nitrogens with one attached hydrogen (secondary N) is 2. The Morgan fingerprint density at radius 1 is 1.45 bits per heavy atom. The predicted octanol–water partition coefficient (Wildman–Crippen LogP) is 2.63. The molecule has 0 aliphatic heterocycles. The van der Waals surface area contributed by atoms with Crippen LogP contribution in [0.15, 0.2) is 10.3 Å². The number of sulfonamides is 1. The Hall–Kier alpha value is -0.430. The average Bonchev–Trinajstić information content (AvgIpc) is 3.14. The number of hydrogen-bond acceptors (Lipinski definition) is 4. The third kappa shape index (κ3) is 3.81. The van der Waals surface area contributed by atoms with Crippen LogP contribution in [0.25, 0.3) is 0 Å². The van der Waals surface area contributed by atoms with Gasteiger partial charge in [0.05, 0.1) is 0 Å². The maximum atomic E-state index is 12.6. The highest BCUT2D eigenvalue weighted by Crippen LogP contribution is 2.34. The minimum atomic E-state index is -3.40. The molecular weight excluding hydrogens is 292 g/mol. The lowest BCUT2D eigenvalue weighted by molar-refractivity contribution is 0.536. The predicted molar refractivity (Wildman–Crippen MR) is 83.6 cm³/mol. The van der Waals surface area contributed by atoms with Gasteiger partial charge in [-0.1, -0.05) is 6.92 Å². The minimum Gasteiger partial charge on any atom is -0.312 e. The van der Waals surface area contributed by atoms with Crippen molar-refractivity contribution in [1.29, 1.82) is 0 Å². The summed E-state index contributed by atoms with van der Waals surface area (Å²) in [5.41, 5.74) is 0.846. The first-order valence-corrected chi connectivity index (χ1v) is 9.62. The van der Waals surface area contributed by atoms with E-state index in [0.717, 1.165) is 36.2 Å². The summed E-state index contributed by atoms with van der Waals surface area (Å²) in [6, 6.07) is 0.0377. The quantitative estimate of drug-likeness (QED) is 0.725. The Morgan fingerprint density at radius 2 is 2.15 bits per heavy atom. The van der Waals surface area contributed by atoms with Crippen molar-refractivity contribution in [2.24, 2.45) is 5.92 Å². The first kappa shape index (κ1) is 15.9. The molecule has 1 saturated carbocycles. The maximum absolute atomic E-state index is 12.6. The van der Waals surface area contributed by atoms with Crippen molar-refractivity contribution in [2.45, 2.75) is 57.5 Å². The van der Waals surface area contributed by atoms with Crippen LogP contribution in [0.3, 0.4) is 0 Å². The molecule has 0 bridgehead atoms. The molecule has 114 valence electrons. The van der Waals surface area contributed by atoms with Gasteiger partial charge in [-0.3, -0.25) is 0 Å². The topological polar surface area (TPSA) is 58.2 Å². The van der Waals surface area contributed by atoms with Crippen LogP contribution >= 0.6 is 11.3 Å². The standard InChI is InChI=1S/C14H24N2O2S2/c1-4-7-15-8-13-14(10(2)9-19-13)20(17,18)16-11(3)12-5-6-12/h9,11-12,15-16H,4-8H2,1-3H3. The normalized spacial score (nSPS) is 17.4. The fourth-order valence-electron chi connectivity index (χ4n) is 2.35. The largest absolute Gasteiger partial charge is 0.312 e. The molecule has 1 aliphatic carbocycles. The summed E-state index contributed by atoms with van der Waals surface area (Å²) in [6.45, 7) is 7.47. The Bertz CT molecular complexity index is 548. The summed E-state index contributed by atoms with van der Waals surface area (Å²) in [7, 11) is -3.40. The lowest BCUT2D eigenvalue weighted by Crippen LogP contribution is -2.34. The summed E-state index contributed by atoms with van der Waals surface area (Å²) in [4.78, 5) is 1.39. The number of thiophene rings is 1. The lowest BCUT2D eigenvalue weighted by Gasteiger charge is -2.14. The molecular formula is C14H24N2O2S2. The van der Waals surface area contributed by atoms with Gasteiger partial charge in [0.25, 0.3) is 0 Å². The molecule has 1 fully saturated rings. The molecule has 1 aromatic heterocycles. The summed E-state index contributed by atoms with van der Waals surface area (Å²) in [5.74, 6) is 0.519. The van der Waals surface area contributed by atoms with Crippen molar-refractivity contribution in [3.63, 3.8) is 0 Å². The van der Waals surface area contributed by atoms with Gasteiger partial charge >= 0.3 is 0 Å². The smallest absolute Gasteiger partial charge is 0.242 e. The van der Waals surface area contributed by atoms with E-state index < -0.39 is 10.0 Å². The van der Waals surface area contributed by atoms with Crippen molar-refractivity contribution in [3.8, 4) is 0 Å². The van der Waals surface area contributed by atoms with Crippen molar-refractivity contribution in [1.82, 2.24) is 10.0 Å². The van der Waals surface area contributed by atoms with E-state index in [9.17, 15) is 8.42 Å². The second-order valence-corrected chi connectivity index (χ2v) is 8.21. The van der Waals surface area contributed by atoms with E-state index >= 15 is 0 Å². The Balaban J connectivity index is 2.14. The van der Waals surface area contributed by atoms with Gasteiger partial charge in [-0.2, -0.15) is 0 Å².